The lowest BCUT2D eigenvalue weighted by Gasteiger charge is -2.44. The van der Waals surface area contributed by atoms with Gasteiger partial charge in [0.1, 0.15) is 0 Å². The normalized spacial score (nSPS) is 27.4. The molecule has 0 spiro atoms. The number of hydrogen-bond acceptors (Lipinski definition) is 5. The number of hydrogen-bond donors (Lipinski definition) is 2. The maximum Gasteiger partial charge on any atom is 0.0933 e. The van der Waals surface area contributed by atoms with Crippen molar-refractivity contribution in [2.24, 2.45) is 5.73 Å². The molecule has 0 aromatic carbocycles. The number of halogens is 1. The van der Waals surface area contributed by atoms with Crippen molar-refractivity contribution in [1.29, 1.82) is 0 Å². The first-order valence-electron chi connectivity index (χ1n) is 7.05. The van der Waals surface area contributed by atoms with E-state index in [0.29, 0.717) is 12.6 Å². The molecule has 1 aliphatic heterocycles. The highest BCUT2D eigenvalue weighted by molar-refractivity contribution is 9.11. The van der Waals surface area contributed by atoms with Crippen LogP contribution in [0.3, 0.4) is 0 Å². The fourth-order valence-electron chi connectivity index (χ4n) is 2.67. The molecular formula is C14H23BrN2O2S. The molecule has 4 atom stereocenters. The lowest BCUT2D eigenvalue weighted by molar-refractivity contribution is -0.0944. The minimum atomic E-state index is -0.110. The largest absolute Gasteiger partial charge is 0.394 e. The number of aliphatic hydroxyl groups is 1. The zero-order valence-corrected chi connectivity index (χ0v) is 14.4. The first-order valence-corrected chi connectivity index (χ1v) is 8.66. The standard InChI is InChI=1S/C14H23BrN2O2S/c1-3-11(16)14(12-4-5-13(15)20-12)17-6-10(7-18)19-8-9(17)2/h4-5,9-11,14,18H,3,6-8,16H2,1-2H3. The van der Waals surface area contributed by atoms with E-state index in [1.54, 1.807) is 11.3 Å². The maximum atomic E-state index is 9.36. The van der Waals surface area contributed by atoms with E-state index in [0.717, 1.165) is 16.8 Å². The van der Waals surface area contributed by atoms with Crippen LogP contribution in [-0.4, -0.2) is 48.0 Å². The molecule has 0 saturated carbocycles. The molecule has 2 heterocycles. The summed E-state index contributed by atoms with van der Waals surface area (Å²) in [7, 11) is 0. The summed E-state index contributed by atoms with van der Waals surface area (Å²) < 4.78 is 6.76. The molecule has 4 unspecified atom stereocenters. The second-order valence-corrected chi connectivity index (χ2v) is 7.84. The Morgan fingerprint density at radius 2 is 2.35 bits per heavy atom. The van der Waals surface area contributed by atoms with Crippen LogP contribution in [0.15, 0.2) is 15.9 Å². The summed E-state index contributed by atoms with van der Waals surface area (Å²) in [5.74, 6) is 0. The van der Waals surface area contributed by atoms with Crippen molar-refractivity contribution >= 4 is 27.3 Å². The number of aliphatic hydroxyl groups excluding tert-OH is 1. The van der Waals surface area contributed by atoms with Crippen LogP contribution in [0.25, 0.3) is 0 Å². The van der Waals surface area contributed by atoms with Gasteiger partial charge in [-0.3, -0.25) is 4.90 Å². The SMILES string of the molecule is CCC(N)C(c1ccc(Br)s1)N1CC(CO)OCC1C. The van der Waals surface area contributed by atoms with Gasteiger partial charge in [-0.15, -0.1) is 11.3 Å². The van der Waals surface area contributed by atoms with E-state index in [4.69, 9.17) is 10.5 Å². The fourth-order valence-corrected chi connectivity index (χ4v) is 4.29. The number of nitrogens with two attached hydrogens (primary N) is 1. The van der Waals surface area contributed by atoms with Crippen LogP contribution < -0.4 is 5.73 Å². The third-order valence-corrected chi connectivity index (χ3v) is 5.57. The summed E-state index contributed by atoms with van der Waals surface area (Å²) in [6.07, 6.45) is 0.815. The van der Waals surface area contributed by atoms with Gasteiger partial charge in [0.05, 0.1) is 29.1 Å². The van der Waals surface area contributed by atoms with Crippen LogP contribution in [-0.2, 0) is 4.74 Å². The van der Waals surface area contributed by atoms with Crippen molar-refractivity contribution in [1.82, 2.24) is 4.90 Å². The highest BCUT2D eigenvalue weighted by Crippen LogP contribution is 2.35. The molecular weight excluding hydrogens is 340 g/mol. The van der Waals surface area contributed by atoms with Crippen LogP contribution in [0.1, 0.15) is 31.2 Å². The Balaban J connectivity index is 2.25. The van der Waals surface area contributed by atoms with Gasteiger partial charge in [0, 0.05) is 23.5 Å². The second-order valence-electron chi connectivity index (χ2n) is 5.34. The van der Waals surface area contributed by atoms with E-state index in [-0.39, 0.29) is 24.8 Å². The molecule has 1 aromatic heterocycles. The molecule has 1 aliphatic rings. The van der Waals surface area contributed by atoms with Crippen molar-refractivity contribution in [3.05, 3.63) is 20.8 Å². The molecule has 4 nitrogen and oxygen atoms in total. The summed E-state index contributed by atoms with van der Waals surface area (Å²) in [6, 6.07) is 4.79. The Labute approximate surface area is 133 Å². The number of ether oxygens (including phenoxy) is 1. The third-order valence-electron chi connectivity index (χ3n) is 3.88. The molecule has 0 amide bonds. The zero-order valence-electron chi connectivity index (χ0n) is 12.0. The smallest absolute Gasteiger partial charge is 0.0933 e. The van der Waals surface area contributed by atoms with Crippen molar-refractivity contribution in [2.75, 3.05) is 19.8 Å². The number of morpholine rings is 1. The Kier molecular flexibility index (Phi) is 6.01. The monoisotopic (exact) mass is 362 g/mol. The van der Waals surface area contributed by atoms with Gasteiger partial charge in [0.15, 0.2) is 0 Å². The number of thiophene rings is 1. The van der Waals surface area contributed by atoms with E-state index in [2.05, 4.69) is 46.8 Å². The lowest BCUT2D eigenvalue weighted by Crippen LogP contribution is -2.54. The predicted molar refractivity (Wildman–Crippen MR) is 86.0 cm³/mol. The Hall–Kier alpha value is 0.0200. The van der Waals surface area contributed by atoms with Crippen LogP contribution in [0.2, 0.25) is 0 Å². The quantitative estimate of drug-likeness (QED) is 0.843. The minimum Gasteiger partial charge on any atom is -0.394 e. The first kappa shape index (κ1) is 16.4. The maximum absolute atomic E-state index is 9.36. The summed E-state index contributed by atoms with van der Waals surface area (Å²) in [6.45, 7) is 5.71. The average Bonchev–Trinajstić information content (AvgIpc) is 2.87. The Morgan fingerprint density at radius 1 is 1.60 bits per heavy atom. The topological polar surface area (TPSA) is 58.7 Å². The summed E-state index contributed by atoms with van der Waals surface area (Å²) in [5, 5.41) is 9.36. The van der Waals surface area contributed by atoms with Gasteiger partial charge in [-0.1, -0.05) is 6.92 Å². The van der Waals surface area contributed by atoms with Gasteiger partial charge >= 0.3 is 0 Å². The Bertz CT molecular complexity index is 429. The predicted octanol–water partition coefficient (Wildman–Crippen LogP) is 2.37. The highest BCUT2D eigenvalue weighted by atomic mass is 79.9. The minimum absolute atomic E-state index is 0.0610. The summed E-state index contributed by atoms with van der Waals surface area (Å²) in [4.78, 5) is 3.66. The molecule has 0 aliphatic carbocycles. The molecule has 6 heteroatoms. The van der Waals surface area contributed by atoms with E-state index in [1.807, 2.05) is 0 Å². The van der Waals surface area contributed by atoms with Gasteiger partial charge in [0.2, 0.25) is 0 Å². The zero-order chi connectivity index (χ0) is 14.7. The molecule has 114 valence electrons. The molecule has 0 bridgehead atoms. The van der Waals surface area contributed by atoms with Gasteiger partial charge in [0.25, 0.3) is 0 Å². The average molecular weight is 363 g/mol. The van der Waals surface area contributed by atoms with Crippen LogP contribution >= 0.6 is 27.3 Å². The van der Waals surface area contributed by atoms with Crippen molar-refractivity contribution in [2.45, 2.75) is 44.5 Å². The Morgan fingerprint density at radius 3 is 2.90 bits per heavy atom. The second kappa shape index (κ2) is 7.33. The summed E-state index contributed by atoms with van der Waals surface area (Å²) >= 11 is 5.27. The molecule has 20 heavy (non-hydrogen) atoms. The molecule has 3 N–H and O–H groups in total. The molecule has 1 aromatic rings. The third kappa shape index (κ3) is 3.61. The number of rotatable bonds is 5. The van der Waals surface area contributed by atoms with E-state index >= 15 is 0 Å². The molecule has 0 radical (unpaired) electrons. The van der Waals surface area contributed by atoms with Crippen LogP contribution in [0.4, 0.5) is 0 Å². The number of nitrogens with zero attached hydrogens (tertiary/aromatic N) is 1. The van der Waals surface area contributed by atoms with Gasteiger partial charge in [-0.05, 0) is 41.4 Å². The van der Waals surface area contributed by atoms with E-state index in [1.165, 1.54) is 4.88 Å². The van der Waals surface area contributed by atoms with E-state index in [9.17, 15) is 5.11 Å². The molecule has 1 fully saturated rings. The highest BCUT2D eigenvalue weighted by Gasteiger charge is 2.35. The van der Waals surface area contributed by atoms with Gasteiger partial charge in [-0.25, -0.2) is 0 Å². The van der Waals surface area contributed by atoms with Crippen molar-refractivity contribution in [3.8, 4) is 0 Å². The first-order chi connectivity index (χ1) is 9.56. The fraction of sp³-hybridized carbons (Fsp3) is 0.714. The lowest BCUT2D eigenvalue weighted by atomic mass is 9.99. The van der Waals surface area contributed by atoms with Crippen LogP contribution in [0, 0.1) is 0 Å². The van der Waals surface area contributed by atoms with E-state index < -0.39 is 0 Å². The van der Waals surface area contributed by atoms with Crippen molar-refractivity contribution in [3.63, 3.8) is 0 Å². The van der Waals surface area contributed by atoms with Gasteiger partial charge in [-0.2, -0.15) is 0 Å². The van der Waals surface area contributed by atoms with Crippen molar-refractivity contribution < 1.29 is 9.84 Å². The van der Waals surface area contributed by atoms with Crippen LogP contribution in [0.5, 0.6) is 0 Å². The molecule has 2 rings (SSSR count). The molecule has 1 saturated heterocycles. The van der Waals surface area contributed by atoms with Gasteiger partial charge < -0.3 is 15.6 Å². The summed E-state index contributed by atoms with van der Waals surface area (Å²) in [5.41, 5.74) is 6.38.